The highest BCUT2D eigenvalue weighted by Gasteiger charge is 2.56. The van der Waals surface area contributed by atoms with Gasteiger partial charge in [0.15, 0.2) is 11.6 Å². The number of aliphatic hydroxyl groups excluding tert-OH is 1. The Hall–Kier alpha value is -1.09. The first kappa shape index (κ1) is 12.9. The van der Waals surface area contributed by atoms with Crippen LogP contribution in [0.1, 0.15) is 44.1 Å². The first-order valence-corrected chi connectivity index (χ1v) is 7.23. The molecule has 2 unspecified atom stereocenters. The van der Waals surface area contributed by atoms with Crippen molar-refractivity contribution in [2.45, 2.75) is 57.7 Å². The molecule has 1 aromatic rings. The predicted molar refractivity (Wildman–Crippen MR) is 71.7 cm³/mol. The lowest BCUT2D eigenvalue weighted by molar-refractivity contribution is -0.172. The van der Waals surface area contributed by atoms with Gasteiger partial charge >= 0.3 is 0 Å². The van der Waals surface area contributed by atoms with Crippen molar-refractivity contribution in [3.05, 3.63) is 29.6 Å². The number of hydrogen-bond acceptors (Lipinski definition) is 2. The number of halogens is 1. The molecule has 2 atom stereocenters. The smallest absolute Gasteiger partial charge is 0.167 e. The quantitative estimate of drug-likeness (QED) is 0.884. The van der Waals surface area contributed by atoms with Crippen LogP contribution in [0.15, 0.2) is 18.2 Å². The molecular formula is C16H21FO2. The molecule has 0 aliphatic heterocycles. The number of rotatable bonds is 2. The molecule has 0 aromatic heterocycles. The maximum Gasteiger partial charge on any atom is 0.167 e. The molecule has 2 nitrogen and oxygen atoms in total. The summed E-state index contributed by atoms with van der Waals surface area (Å²) in [6.07, 6.45) is 5.87. The number of aliphatic hydroxyl groups is 1. The molecule has 0 amide bonds. The van der Waals surface area contributed by atoms with Crippen LogP contribution in [0, 0.1) is 18.2 Å². The van der Waals surface area contributed by atoms with Crippen molar-refractivity contribution in [1.29, 1.82) is 0 Å². The lowest BCUT2D eigenvalue weighted by Crippen LogP contribution is -2.60. The Kier molecular flexibility index (Phi) is 3.25. The fraction of sp³-hybridized carbons (Fsp3) is 0.625. The number of ether oxygens (including phenoxy) is 1. The van der Waals surface area contributed by atoms with Gasteiger partial charge in [0.2, 0.25) is 0 Å². The third-order valence-electron chi connectivity index (χ3n) is 4.95. The highest BCUT2D eigenvalue weighted by atomic mass is 19.1. The van der Waals surface area contributed by atoms with Crippen molar-refractivity contribution in [2.24, 2.45) is 5.41 Å². The van der Waals surface area contributed by atoms with E-state index in [0.29, 0.717) is 17.7 Å². The number of aryl methyl sites for hydroxylation is 1. The zero-order valence-electron chi connectivity index (χ0n) is 11.4. The van der Waals surface area contributed by atoms with E-state index in [-0.39, 0.29) is 23.4 Å². The van der Waals surface area contributed by atoms with Crippen LogP contribution in [-0.2, 0) is 0 Å². The molecule has 19 heavy (non-hydrogen) atoms. The lowest BCUT2D eigenvalue weighted by Gasteiger charge is -2.55. The van der Waals surface area contributed by atoms with Gasteiger partial charge in [0.1, 0.15) is 6.10 Å². The van der Waals surface area contributed by atoms with E-state index in [1.165, 1.54) is 6.42 Å². The molecule has 1 N–H and O–H groups in total. The summed E-state index contributed by atoms with van der Waals surface area (Å²) in [5.41, 5.74) is 0.490. The number of hydrogen-bond donors (Lipinski definition) is 1. The Morgan fingerprint density at radius 3 is 2.68 bits per heavy atom. The van der Waals surface area contributed by atoms with Crippen molar-refractivity contribution in [1.82, 2.24) is 0 Å². The average Bonchev–Trinajstić information content (AvgIpc) is 2.44. The Morgan fingerprint density at radius 2 is 2.00 bits per heavy atom. The summed E-state index contributed by atoms with van der Waals surface area (Å²) in [4.78, 5) is 0. The predicted octanol–water partition coefficient (Wildman–Crippen LogP) is 3.60. The Labute approximate surface area is 113 Å². The summed E-state index contributed by atoms with van der Waals surface area (Å²) in [7, 11) is 0. The summed E-state index contributed by atoms with van der Waals surface area (Å²) < 4.78 is 19.9. The topological polar surface area (TPSA) is 29.5 Å². The summed E-state index contributed by atoms with van der Waals surface area (Å²) in [6, 6.07) is 5.24. The van der Waals surface area contributed by atoms with Crippen molar-refractivity contribution in [3.63, 3.8) is 0 Å². The normalized spacial score (nSPS) is 29.0. The van der Waals surface area contributed by atoms with Gasteiger partial charge in [-0.3, -0.25) is 0 Å². The van der Waals surface area contributed by atoms with Gasteiger partial charge in [0.05, 0.1) is 6.10 Å². The maximum absolute atomic E-state index is 14.0. The van der Waals surface area contributed by atoms with E-state index < -0.39 is 0 Å². The van der Waals surface area contributed by atoms with Gasteiger partial charge in [-0.2, -0.15) is 0 Å². The van der Waals surface area contributed by atoms with E-state index in [2.05, 4.69) is 0 Å². The fourth-order valence-electron chi connectivity index (χ4n) is 3.62. The van der Waals surface area contributed by atoms with Crippen LogP contribution in [-0.4, -0.2) is 17.3 Å². The summed E-state index contributed by atoms with van der Waals surface area (Å²) >= 11 is 0. The summed E-state index contributed by atoms with van der Waals surface area (Å²) in [5.74, 6) is 0.0664. The Bertz CT molecular complexity index is 466. The Morgan fingerprint density at radius 1 is 1.26 bits per heavy atom. The van der Waals surface area contributed by atoms with Crippen LogP contribution in [0.4, 0.5) is 4.39 Å². The fourth-order valence-corrected chi connectivity index (χ4v) is 3.62. The van der Waals surface area contributed by atoms with Gasteiger partial charge in [0, 0.05) is 11.8 Å². The molecule has 2 fully saturated rings. The minimum atomic E-state index is -0.273. The van der Waals surface area contributed by atoms with E-state index in [0.717, 1.165) is 25.7 Å². The third-order valence-corrected chi connectivity index (χ3v) is 4.95. The first-order chi connectivity index (χ1) is 9.13. The second kappa shape index (κ2) is 4.78. The van der Waals surface area contributed by atoms with E-state index in [1.54, 1.807) is 19.1 Å². The molecule has 2 saturated carbocycles. The van der Waals surface area contributed by atoms with E-state index >= 15 is 0 Å². The van der Waals surface area contributed by atoms with E-state index in [4.69, 9.17) is 4.74 Å². The second-order valence-electron chi connectivity index (χ2n) is 6.04. The Balaban J connectivity index is 1.78. The second-order valence-corrected chi connectivity index (χ2v) is 6.04. The minimum absolute atomic E-state index is 0.0286. The SMILES string of the molecule is Cc1cccc(OC2CC(O)C23CCCCC3)c1F. The van der Waals surface area contributed by atoms with E-state index in [9.17, 15) is 9.50 Å². The zero-order valence-corrected chi connectivity index (χ0v) is 11.4. The molecule has 104 valence electrons. The van der Waals surface area contributed by atoms with Crippen molar-refractivity contribution < 1.29 is 14.2 Å². The highest BCUT2D eigenvalue weighted by Crippen LogP contribution is 2.53. The monoisotopic (exact) mass is 264 g/mol. The van der Waals surface area contributed by atoms with Crippen LogP contribution < -0.4 is 4.74 Å². The molecule has 0 heterocycles. The van der Waals surface area contributed by atoms with Gasteiger partial charge in [-0.05, 0) is 31.4 Å². The van der Waals surface area contributed by atoms with Gasteiger partial charge in [-0.15, -0.1) is 0 Å². The minimum Gasteiger partial charge on any atom is -0.487 e. The molecule has 3 rings (SSSR count). The molecule has 0 radical (unpaired) electrons. The van der Waals surface area contributed by atoms with Crippen LogP contribution in [0.3, 0.4) is 0 Å². The molecule has 2 aliphatic carbocycles. The first-order valence-electron chi connectivity index (χ1n) is 7.23. The third kappa shape index (κ3) is 2.04. The molecular weight excluding hydrogens is 243 g/mol. The van der Waals surface area contributed by atoms with Gasteiger partial charge in [0.25, 0.3) is 0 Å². The average molecular weight is 264 g/mol. The molecule has 1 aromatic carbocycles. The summed E-state index contributed by atoms with van der Waals surface area (Å²) in [6.45, 7) is 1.74. The summed E-state index contributed by atoms with van der Waals surface area (Å²) in [5, 5.41) is 10.1. The van der Waals surface area contributed by atoms with Crippen molar-refractivity contribution >= 4 is 0 Å². The van der Waals surface area contributed by atoms with Gasteiger partial charge in [-0.1, -0.05) is 31.4 Å². The van der Waals surface area contributed by atoms with Gasteiger partial charge in [-0.25, -0.2) is 4.39 Å². The zero-order chi connectivity index (χ0) is 13.5. The van der Waals surface area contributed by atoms with Crippen molar-refractivity contribution in [3.8, 4) is 5.75 Å². The van der Waals surface area contributed by atoms with Crippen molar-refractivity contribution in [2.75, 3.05) is 0 Å². The van der Waals surface area contributed by atoms with Crippen LogP contribution in [0.5, 0.6) is 5.75 Å². The van der Waals surface area contributed by atoms with E-state index in [1.807, 2.05) is 6.07 Å². The maximum atomic E-state index is 14.0. The molecule has 0 saturated heterocycles. The number of benzene rings is 1. The molecule has 0 bridgehead atoms. The molecule has 1 spiro atoms. The molecule has 2 aliphatic rings. The largest absolute Gasteiger partial charge is 0.487 e. The highest BCUT2D eigenvalue weighted by molar-refractivity contribution is 5.31. The van der Waals surface area contributed by atoms with Gasteiger partial charge < -0.3 is 9.84 Å². The lowest BCUT2D eigenvalue weighted by atomic mass is 9.56. The standard InChI is InChI=1S/C16H21FO2/c1-11-6-5-7-12(15(11)17)19-14-10-13(18)16(14)8-3-2-4-9-16/h5-7,13-14,18H,2-4,8-10H2,1H3. The van der Waals surface area contributed by atoms with Crippen LogP contribution in [0.25, 0.3) is 0 Å². The van der Waals surface area contributed by atoms with Crippen LogP contribution in [0.2, 0.25) is 0 Å². The van der Waals surface area contributed by atoms with Crippen LogP contribution >= 0.6 is 0 Å². The molecule has 3 heteroatoms.